The van der Waals surface area contributed by atoms with Crippen LogP contribution in [-0.4, -0.2) is 44.1 Å². The molecule has 0 aliphatic heterocycles. The van der Waals surface area contributed by atoms with E-state index in [1.807, 2.05) is 19.2 Å². The maximum absolute atomic E-state index is 13.1. The van der Waals surface area contributed by atoms with Gasteiger partial charge in [-0.25, -0.2) is 9.67 Å². The lowest BCUT2D eigenvalue weighted by atomic mass is 10.1. The lowest BCUT2D eigenvalue weighted by Gasteiger charge is -2.16. The zero-order chi connectivity index (χ0) is 21.5. The Morgan fingerprint density at radius 3 is 2.42 bits per heavy atom. The van der Waals surface area contributed by atoms with Gasteiger partial charge in [0.1, 0.15) is 11.7 Å². The molecule has 0 aliphatic rings. The molecule has 5 rings (SSSR count). The standard InChI is InChI=1S/C20H19N9O2/c1-13(11-26-7-3-5-22-26)27-12-21-17-9-16-18(10-15(17)19(27)30)24-25-29(20(16)31)14(2)28-8-4-6-23-28/h3-10,12-14H,11H2,1-2H3/t13-,14-/m1/s1. The molecule has 0 saturated carbocycles. The molecule has 0 amide bonds. The van der Waals surface area contributed by atoms with Gasteiger partial charge < -0.3 is 0 Å². The second-order valence-electron chi connectivity index (χ2n) is 7.38. The Morgan fingerprint density at radius 1 is 0.935 bits per heavy atom. The molecule has 4 aromatic heterocycles. The van der Waals surface area contributed by atoms with Gasteiger partial charge in [-0.3, -0.25) is 18.8 Å². The molecule has 11 heteroatoms. The summed E-state index contributed by atoms with van der Waals surface area (Å²) in [5, 5.41) is 17.3. The molecule has 0 unspecified atom stereocenters. The molecular weight excluding hydrogens is 398 g/mol. The van der Waals surface area contributed by atoms with E-state index in [2.05, 4.69) is 25.5 Å². The van der Waals surface area contributed by atoms with Crippen molar-refractivity contribution in [1.82, 2.24) is 44.1 Å². The third kappa shape index (κ3) is 3.19. The topological polar surface area (TPSA) is 118 Å². The van der Waals surface area contributed by atoms with Crippen LogP contribution in [0.2, 0.25) is 0 Å². The van der Waals surface area contributed by atoms with Gasteiger partial charge in [-0.05, 0) is 38.1 Å². The number of nitrogens with zero attached hydrogens (tertiary/aromatic N) is 9. The van der Waals surface area contributed by atoms with Crippen molar-refractivity contribution >= 4 is 21.8 Å². The van der Waals surface area contributed by atoms with E-state index in [-0.39, 0.29) is 17.2 Å². The van der Waals surface area contributed by atoms with Gasteiger partial charge in [0.25, 0.3) is 11.1 Å². The van der Waals surface area contributed by atoms with Crippen molar-refractivity contribution < 1.29 is 0 Å². The van der Waals surface area contributed by atoms with E-state index in [9.17, 15) is 9.59 Å². The molecule has 1 aromatic carbocycles. The third-order valence-electron chi connectivity index (χ3n) is 5.33. The van der Waals surface area contributed by atoms with Gasteiger partial charge in [0.2, 0.25) is 0 Å². The molecule has 0 fully saturated rings. The lowest BCUT2D eigenvalue weighted by Crippen LogP contribution is -2.31. The first-order valence-corrected chi connectivity index (χ1v) is 9.79. The second kappa shape index (κ2) is 7.27. The van der Waals surface area contributed by atoms with Crippen molar-refractivity contribution in [3.63, 3.8) is 0 Å². The number of rotatable bonds is 5. The van der Waals surface area contributed by atoms with E-state index in [1.165, 1.54) is 11.0 Å². The predicted octanol–water partition coefficient (Wildman–Crippen LogP) is 1.22. The number of fused-ring (bicyclic) bond motifs is 2. The Bertz CT molecular complexity index is 1480. The smallest absolute Gasteiger partial charge is 0.279 e. The number of benzene rings is 1. The van der Waals surface area contributed by atoms with E-state index in [0.717, 1.165) is 0 Å². The van der Waals surface area contributed by atoms with Crippen LogP contribution in [0.1, 0.15) is 26.1 Å². The van der Waals surface area contributed by atoms with Crippen molar-refractivity contribution in [2.45, 2.75) is 32.6 Å². The Hall–Kier alpha value is -4.15. The minimum absolute atomic E-state index is 0.158. The van der Waals surface area contributed by atoms with Crippen molar-refractivity contribution in [2.24, 2.45) is 0 Å². The van der Waals surface area contributed by atoms with Crippen LogP contribution in [0.5, 0.6) is 0 Å². The fourth-order valence-electron chi connectivity index (χ4n) is 3.62. The molecule has 0 saturated heterocycles. The molecule has 5 aromatic rings. The van der Waals surface area contributed by atoms with E-state index in [4.69, 9.17) is 0 Å². The lowest BCUT2D eigenvalue weighted by molar-refractivity contribution is 0.364. The zero-order valence-corrected chi connectivity index (χ0v) is 16.9. The summed E-state index contributed by atoms with van der Waals surface area (Å²) < 4.78 is 6.19. The Balaban J connectivity index is 1.60. The summed E-state index contributed by atoms with van der Waals surface area (Å²) in [6.45, 7) is 4.25. The summed E-state index contributed by atoms with van der Waals surface area (Å²) >= 11 is 0. The molecule has 31 heavy (non-hydrogen) atoms. The molecule has 0 bridgehead atoms. The van der Waals surface area contributed by atoms with Crippen LogP contribution in [0, 0.1) is 0 Å². The summed E-state index contributed by atoms with van der Waals surface area (Å²) in [6.07, 6.45) is 7.97. The molecule has 0 aliphatic carbocycles. The van der Waals surface area contributed by atoms with Crippen LogP contribution in [0.25, 0.3) is 21.8 Å². The quantitative estimate of drug-likeness (QED) is 0.395. The highest BCUT2D eigenvalue weighted by atomic mass is 16.1. The largest absolute Gasteiger partial charge is 0.294 e. The van der Waals surface area contributed by atoms with Gasteiger partial charge in [-0.1, -0.05) is 5.21 Å². The molecular formula is C20H19N9O2. The van der Waals surface area contributed by atoms with Crippen LogP contribution < -0.4 is 11.1 Å². The van der Waals surface area contributed by atoms with Crippen molar-refractivity contribution in [3.05, 3.63) is 76.1 Å². The monoisotopic (exact) mass is 417 g/mol. The third-order valence-corrected chi connectivity index (χ3v) is 5.33. The summed E-state index contributed by atoms with van der Waals surface area (Å²) in [5.74, 6) is 0. The molecule has 0 radical (unpaired) electrons. The first kappa shape index (κ1) is 18.9. The Labute approximate surface area is 175 Å². The average molecular weight is 417 g/mol. The van der Waals surface area contributed by atoms with Crippen LogP contribution >= 0.6 is 0 Å². The maximum atomic E-state index is 13.1. The highest BCUT2D eigenvalue weighted by Crippen LogP contribution is 2.16. The van der Waals surface area contributed by atoms with Gasteiger partial charge in [-0.2, -0.15) is 14.9 Å². The SMILES string of the molecule is C[C@H](Cn1cccn1)n1cnc2cc3c(=O)n([C@H](C)n4cccn4)nnc3cc2c1=O. The summed E-state index contributed by atoms with van der Waals surface area (Å²) in [4.78, 5) is 30.6. The summed E-state index contributed by atoms with van der Waals surface area (Å²) in [5.41, 5.74) is 0.247. The highest BCUT2D eigenvalue weighted by molar-refractivity contribution is 5.93. The average Bonchev–Trinajstić information content (AvgIpc) is 3.47. The normalized spacial score (nSPS) is 13.6. The first-order valence-electron chi connectivity index (χ1n) is 9.79. The van der Waals surface area contributed by atoms with Crippen molar-refractivity contribution in [3.8, 4) is 0 Å². The molecule has 4 heterocycles. The van der Waals surface area contributed by atoms with Crippen LogP contribution in [0.3, 0.4) is 0 Å². The maximum Gasteiger partial charge on any atom is 0.279 e. The van der Waals surface area contributed by atoms with E-state index in [0.29, 0.717) is 28.4 Å². The van der Waals surface area contributed by atoms with E-state index >= 15 is 0 Å². The van der Waals surface area contributed by atoms with Crippen LogP contribution in [-0.2, 0) is 6.54 Å². The van der Waals surface area contributed by atoms with Crippen molar-refractivity contribution in [2.75, 3.05) is 0 Å². The number of hydrogen-bond donors (Lipinski definition) is 0. The Kier molecular flexibility index (Phi) is 4.42. The predicted molar refractivity (Wildman–Crippen MR) is 113 cm³/mol. The minimum atomic E-state index is -0.445. The number of aromatic nitrogens is 9. The number of hydrogen-bond acceptors (Lipinski definition) is 7. The van der Waals surface area contributed by atoms with Crippen LogP contribution in [0.4, 0.5) is 0 Å². The molecule has 11 nitrogen and oxygen atoms in total. The van der Waals surface area contributed by atoms with E-state index in [1.54, 1.807) is 57.6 Å². The zero-order valence-electron chi connectivity index (χ0n) is 16.9. The molecule has 0 spiro atoms. The van der Waals surface area contributed by atoms with Gasteiger partial charge in [0, 0.05) is 24.8 Å². The minimum Gasteiger partial charge on any atom is -0.294 e. The van der Waals surface area contributed by atoms with Gasteiger partial charge in [0.15, 0.2) is 0 Å². The first-order chi connectivity index (χ1) is 15.0. The fraction of sp³-hybridized carbons (Fsp3) is 0.250. The van der Waals surface area contributed by atoms with Gasteiger partial charge >= 0.3 is 0 Å². The van der Waals surface area contributed by atoms with Gasteiger partial charge in [0.05, 0.1) is 35.2 Å². The highest BCUT2D eigenvalue weighted by Gasteiger charge is 2.17. The van der Waals surface area contributed by atoms with E-state index < -0.39 is 6.17 Å². The summed E-state index contributed by atoms with van der Waals surface area (Å²) in [7, 11) is 0. The summed E-state index contributed by atoms with van der Waals surface area (Å²) in [6, 6.07) is 6.62. The molecule has 2 atom stereocenters. The fourth-order valence-corrected chi connectivity index (χ4v) is 3.62. The van der Waals surface area contributed by atoms with Crippen LogP contribution in [0.15, 0.2) is 65.0 Å². The molecule has 0 N–H and O–H groups in total. The van der Waals surface area contributed by atoms with Crippen molar-refractivity contribution in [1.29, 1.82) is 0 Å². The Morgan fingerprint density at radius 2 is 1.68 bits per heavy atom. The molecule has 156 valence electrons. The second-order valence-corrected chi connectivity index (χ2v) is 7.38. The van der Waals surface area contributed by atoms with Gasteiger partial charge in [-0.15, -0.1) is 5.10 Å².